The summed E-state index contributed by atoms with van der Waals surface area (Å²) in [5.74, 6) is 0.562. The third kappa shape index (κ3) is 4.09. The van der Waals surface area contributed by atoms with Crippen LogP contribution in [0.3, 0.4) is 0 Å². The van der Waals surface area contributed by atoms with Gasteiger partial charge in [0.15, 0.2) is 0 Å². The second kappa shape index (κ2) is 8.20. The molecule has 0 amide bonds. The number of halogens is 1. The molecule has 1 aromatic heterocycles. The Hall–Kier alpha value is -1.89. The lowest BCUT2D eigenvalue weighted by atomic mass is 9.90. The summed E-state index contributed by atoms with van der Waals surface area (Å²) >= 11 is 7.38. The Bertz CT molecular complexity index is 784. The average molecular weight is 390 g/mol. The molecule has 1 aromatic carbocycles. The molecule has 1 unspecified atom stereocenters. The predicted molar refractivity (Wildman–Crippen MR) is 104 cm³/mol. The monoisotopic (exact) mass is 389 g/mol. The van der Waals surface area contributed by atoms with Crippen LogP contribution in [0, 0.1) is 5.92 Å². The first-order valence-electron chi connectivity index (χ1n) is 8.71. The maximum Gasteiger partial charge on any atom is 0.296 e. The Morgan fingerprint density at radius 3 is 2.77 bits per heavy atom. The molecule has 0 saturated carbocycles. The second-order valence-corrected chi connectivity index (χ2v) is 7.69. The molecule has 2 aliphatic rings. The Labute approximate surface area is 161 Å². The Morgan fingerprint density at radius 2 is 1.96 bits per heavy atom. The smallest absolute Gasteiger partial charge is 0.296 e. The maximum absolute atomic E-state index is 5.91. The summed E-state index contributed by atoms with van der Waals surface area (Å²) in [5, 5.41) is 10.7. The Balaban J connectivity index is 1.43. The number of allylic oxidation sites excluding steroid dienone is 2. The molecule has 3 heterocycles. The molecule has 5 nitrogen and oxygen atoms in total. The van der Waals surface area contributed by atoms with Crippen LogP contribution in [0.5, 0.6) is 5.19 Å². The summed E-state index contributed by atoms with van der Waals surface area (Å²) in [6.45, 7) is 2.11. The van der Waals surface area contributed by atoms with Gasteiger partial charge in [0.25, 0.3) is 5.19 Å². The number of aromatic nitrogens is 2. The largest absolute Gasteiger partial charge is 0.464 e. The van der Waals surface area contributed by atoms with Crippen molar-refractivity contribution in [3.63, 3.8) is 0 Å². The molecule has 1 atom stereocenters. The van der Waals surface area contributed by atoms with Gasteiger partial charge in [-0.1, -0.05) is 41.0 Å². The van der Waals surface area contributed by atoms with E-state index in [4.69, 9.17) is 21.1 Å². The topological polar surface area (TPSA) is 47.5 Å². The minimum absolute atomic E-state index is 0.293. The SMILES string of the molecule is Clc1ccc(COc2nnc(N3C=CC=CC3C3CCOCC3)s2)cc1. The van der Waals surface area contributed by atoms with Crippen molar-refractivity contribution in [3.8, 4) is 5.19 Å². The van der Waals surface area contributed by atoms with E-state index in [1.165, 1.54) is 11.3 Å². The van der Waals surface area contributed by atoms with E-state index in [0.29, 0.717) is 23.8 Å². The van der Waals surface area contributed by atoms with E-state index < -0.39 is 0 Å². The maximum atomic E-state index is 5.91. The lowest BCUT2D eigenvalue weighted by Crippen LogP contribution is -2.39. The zero-order valence-corrected chi connectivity index (χ0v) is 15.8. The van der Waals surface area contributed by atoms with Crippen molar-refractivity contribution in [2.24, 2.45) is 5.92 Å². The fourth-order valence-corrected chi connectivity index (χ4v) is 4.09. The van der Waals surface area contributed by atoms with Crippen LogP contribution in [0.4, 0.5) is 5.13 Å². The molecular formula is C19H20ClN3O2S. The molecule has 4 rings (SSSR count). The molecule has 1 saturated heterocycles. The van der Waals surface area contributed by atoms with Crippen LogP contribution < -0.4 is 9.64 Å². The molecule has 0 aliphatic carbocycles. The molecular weight excluding hydrogens is 370 g/mol. The van der Waals surface area contributed by atoms with Crippen molar-refractivity contribution < 1.29 is 9.47 Å². The first-order valence-corrected chi connectivity index (χ1v) is 9.91. The average Bonchev–Trinajstić information content (AvgIpc) is 3.17. The summed E-state index contributed by atoms with van der Waals surface area (Å²) in [7, 11) is 0. The number of nitrogens with zero attached hydrogens (tertiary/aromatic N) is 3. The van der Waals surface area contributed by atoms with E-state index in [2.05, 4.69) is 33.4 Å². The van der Waals surface area contributed by atoms with E-state index in [9.17, 15) is 0 Å². The number of hydrogen-bond donors (Lipinski definition) is 0. The van der Waals surface area contributed by atoms with E-state index in [1.54, 1.807) is 0 Å². The number of ether oxygens (including phenoxy) is 2. The molecule has 136 valence electrons. The highest BCUT2D eigenvalue weighted by molar-refractivity contribution is 7.17. The van der Waals surface area contributed by atoms with Crippen molar-refractivity contribution in [2.45, 2.75) is 25.5 Å². The van der Waals surface area contributed by atoms with Crippen molar-refractivity contribution in [2.75, 3.05) is 18.1 Å². The van der Waals surface area contributed by atoms with Gasteiger partial charge in [0, 0.05) is 24.4 Å². The van der Waals surface area contributed by atoms with Gasteiger partial charge in [0.05, 0.1) is 6.04 Å². The molecule has 7 heteroatoms. The highest BCUT2D eigenvalue weighted by Gasteiger charge is 2.29. The van der Waals surface area contributed by atoms with E-state index in [1.807, 2.05) is 30.3 Å². The van der Waals surface area contributed by atoms with Gasteiger partial charge < -0.3 is 14.4 Å². The van der Waals surface area contributed by atoms with Gasteiger partial charge in [0.1, 0.15) is 6.61 Å². The fraction of sp³-hybridized carbons (Fsp3) is 0.368. The third-order valence-corrected chi connectivity index (χ3v) is 5.73. The minimum atomic E-state index is 0.293. The Morgan fingerprint density at radius 1 is 1.15 bits per heavy atom. The van der Waals surface area contributed by atoms with Crippen molar-refractivity contribution in [1.82, 2.24) is 10.2 Å². The van der Waals surface area contributed by atoms with Crippen LogP contribution in [0.25, 0.3) is 0 Å². The third-order valence-electron chi connectivity index (χ3n) is 4.63. The molecule has 0 bridgehead atoms. The minimum Gasteiger partial charge on any atom is -0.464 e. The lowest BCUT2D eigenvalue weighted by Gasteiger charge is -2.36. The van der Waals surface area contributed by atoms with Gasteiger partial charge >= 0.3 is 0 Å². The van der Waals surface area contributed by atoms with Crippen LogP contribution >= 0.6 is 22.9 Å². The van der Waals surface area contributed by atoms with Gasteiger partial charge in [-0.2, -0.15) is 0 Å². The number of hydrogen-bond acceptors (Lipinski definition) is 6. The number of anilines is 1. The summed E-state index contributed by atoms with van der Waals surface area (Å²) in [6.07, 6.45) is 10.6. The van der Waals surface area contributed by atoms with Gasteiger partial charge in [-0.05, 0) is 53.9 Å². The summed E-state index contributed by atoms with van der Waals surface area (Å²) in [6, 6.07) is 7.90. The van der Waals surface area contributed by atoms with Crippen LogP contribution in [0.15, 0.2) is 48.7 Å². The van der Waals surface area contributed by atoms with Gasteiger partial charge in [-0.25, -0.2) is 0 Å². The van der Waals surface area contributed by atoms with Crippen LogP contribution in [0.1, 0.15) is 18.4 Å². The fourth-order valence-electron chi connectivity index (χ4n) is 3.24. The lowest BCUT2D eigenvalue weighted by molar-refractivity contribution is 0.0626. The van der Waals surface area contributed by atoms with E-state index in [0.717, 1.165) is 41.8 Å². The van der Waals surface area contributed by atoms with Crippen LogP contribution in [-0.2, 0) is 11.3 Å². The molecule has 1 fully saturated rings. The summed E-state index contributed by atoms with van der Waals surface area (Å²) in [5.41, 5.74) is 1.05. The molecule has 0 N–H and O–H groups in total. The van der Waals surface area contributed by atoms with Crippen LogP contribution in [-0.4, -0.2) is 29.5 Å². The molecule has 2 aromatic rings. The molecule has 0 radical (unpaired) electrons. The first kappa shape index (κ1) is 17.5. The summed E-state index contributed by atoms with van der Waals surface area (Å²) < 4.78 is 11.3. The van der Waals surface area contributed by atoms with Crippen LogP contribution in [0.2, 0.25) is 5.02 Å². The van der Waals surface area contributed by atoms with Crippen molar-refractivity contribution >= 4 is 28.1 Å². The molecule has 26 heavy (non-hydrogen) atoms. The van der Waals surface area contributed by atoms with Crippen molar-refractivity contribution in [1.29, 1.82) is 0 Å². The van der Waals surface area contributed by atoms with Gasteiger partial charge in [-0.15, -0.1) is 5.10 Å². The quantitative estimate of drug-likeness (QED) is 0.755. The first-order chi connectivity index (χ1) is 12.8. The van der Waals surface area contributed by atoms with E-state index >= 15 is 0 Å². The zero-order chi connectivity index (χ0) is 17.8. The standard InChI is InChI=1S/C19H20ClN3O2S/c20-16-6-4-14(5-7-16)13-25-19-22-21-18(26-19)23-10-2-1-3-17(23)15-8-11-24-12-9-15/h1-7,10,15,17H,8-9,11-13H2. The normalized spacial score (nSPS) is 20.5. The highest BCUT2D eigenvalue weighted by Crippen LogP contribution is 2.34. The number of rotatable bonds is 5. The van der Waals surface area contributed by atoms with Gasteiger partial charge in [-0.3, -0.25) is 0 Å². The number of benzene rings is 1. The Kier molecular flexibility index (Phi) is 5.53. The molecule has 2 aliphatic heterocycles. The van der Waals surface area contributed by atoms with Crippen molar-refractivity contribution in [3.05, 3.63) is 59.3 Å². The molecule has 0 spiro atoms. The highest BCUT2D eigenvalue weighted by atomic mass is 35.5. The summed E-state index contributed by atoms with van der Waals surface area (Å²) in [4.78, 5) is 2.20. The predicted octanol–water partition coefficient (Wildman–Crippen LogP) is 4.46. The zero-order valence-electron chi connectivity index (χ0n) is 14.3. The van der Waals surface area contributed by atoms with E-state index in [-0.39, 0.29) is 0 Å². The second-order valence-electron chi connectivity index (χ2n) is 6.34. The van der Waals surface area contributed by atoms with Gasteiger partial charge in [0.2, 0.25) is 5.13 Å².